The average molecular weight is 251 g/mol. The van der Waals surface area contributed by atoms with Gasteiger partial charge in [0.2, 0.25) is 0 Å². The summed E-state index contributed by atoms with van der Waals surface area (Å²) in [7, 11) is 0. The Bertz CT molecular complexity index is 419. The van der Waals surface area contributed by atoms with Crippen molar-refractivity contribution in [2.45, 2.75) is 12.1 Å². The molecule has 1 aromatic rings. The Morgan fingerprint density at radius 2 is 2.00 bits per heavy atom. The van der Waals surface area contributed by atoms with E-state index in [1.54, 1.807) is 0 Å². The van der Waals surface area contributed by atoms with Crippen molar-refractivity contribution in [1.82, 2.24) is 5.32 Å². The van der Waals surface area contributed by atoms with Crippen LogP contribution in [0.2, 0.25) is 0 Å². The first-order valence-electron chi connectivity index (χ1n) is 6.21. The van der Waals surface area contributed by atoms with Crippen LogP contribution >= 0.6 is 0 Å². The Balaban J connectivity index is 1.63. The summed E-state index contributed by atoms with van der Waals surface area (Å²) in [5, 5.41) is 13.3. The fourth-order valence-corrected chi connectivity index (χ4v) is 2.02. The fourth-order valence-electron chi connectivity index (χ4n) is 2.02. The van der Waals surface area contributed by atoms with Gasteiger partial charge in [0.1, 0.15) is 13.2 Å². The van der Waals surface area contributed by atoms with Gasteiger partial charge in [0.05, 0.1) is 25.4 Å². The van der Waals surface area contributed by atoms with Gasteiger partial charge in [-0.3, -0.25) is 0 Å². The number of aliphatic hydroxyl groups excluding tert-OH is 1. The van der Waals surface area contributed by atoms with Crippen LogP contribution in [0.15, 0.2) is 18.2 Å². The lowest BCUT2D eigenvalue weighted by Gasteiger charge is -2.28. The van der Waals surface area contributed by atoms with Gasteiger partial charge >= 0.3 is 0 Å². The first-order valence-corrected chi connectivity index (χ1v) is 6.21. The number of nitrogens with one attached hydrogen (secondary N) is 1. The quantitative estimate of drug-likeness (QED) is 0.815. The van der Waals surface area contributed by atoms with Crippen molar-refractivity contribution in [1.29, 1.82) is 0 Å². The zero-order valence-electron chi connectivity index (χ0n) is 10.1. The van der Waals surface area contributed by atoms with Gasteiger partial charge in [0.15, 0.2) is 11.5 Å². The minimum atomic E-state index is -0.540. The fraction of sp³-hybridized carbons (Fsp3) is 0.538. The van der Waals surface area contributed by atoms with E-state index in [1.807, 2.05) is 18.2 Å². The molecule has 0 saturated carbocycles. The van der Waals surface area contributed by atoms with Crippen molar-refractivity contribution >= 4 is 0 Å². The van der Waals surface area contributed by atoms with Gasteiger partial charge < -0.3 is 24.6 Å². The SMILES string of the molecule is OC(CNC1COC1)c1ccc2c(c1)OCCO2. The molecular formula is C13H17NO4. The Morgan fingerprint density at radius 3 is 2.72 bits per heavy atom. The summed E-state index contributed by atoms with van der Waals surface area (Å²) in [6.07, 6.45) is -0.540. The minimum absolute atomic E-state index is 0.372. The molecule has 1 unspecified atom stereocenters. The molecule has 1 saturated heterocycles. The van der Waals surface area contributed by atoms with E-state index in [0.29, 0.717) is 31.5 Å². The van der Waals surface area contributed by atoms with Gasteiger partial charge in [-0.25, -0.2) is 0 Å². The van der Waals surface area contributed by atoms with Gasteiger partial charge in [-0.15, -0.1) is 0 Å². The lowest BCUT2D eigenvalue weighted by molar-refractivity contribution is -0.00982. The van der Waals surface area contributed by atoms with Crippen LogP contribution in [-0.4, -0.2) is 44.1 Å². The van der Waals surface area contributed by atoms with Crippen LogP contribution in [0.4, 0.5) is 0 Å². The normalized spacial score (nSPS) is 20.3. The summed E-state index contributed by atoms with van der Waals surface area (Å²) in [5.74, 6) is 1.46. The molecule has 2 heterocycles. The van der Waals surface area contributed by atoms with Gasteiger partial charge in [0, 0.05) is 6.54 Å². The van der Waals surface area contributed by atoms with Crippen LogP contribution in [0, 0.1) is 0 Å². The van der Waals surface area contributed by atoms with E-state index in [2.05, 4.69) is 5.32 Å². The smallest absolute Gasteiger partial charge is 0.161 e. The van der Waals surface area contributed by atoms with E-state index < -0.39 is 6.10 Å². The summed E-state index contributed by atoms with van der Waals surface area (Å²) in [4.78, 5) is 0. The number of rotatable bonds is 4. The summed E-state index contributed by atoms with van der Waals surface area (Å²) < 4.78 is 16.0. The second kappa shape index (κ2) is 5.14. The largest absolute Gasteiger partial charge is 0.486 e. The minimum Gasteiger partial charge on any atom is -0.486 e. The second-order valence-corrected chi connectivity index (χ2v) is 4.56. The lowest BCUT2D eigenvalue weighted by Crippen LogP contribution is -2.47. The first-order chi connectivity index (χ1) is 8.83. The summed E-state index contributed by atoms with van der Waals surface area (Å²) in [6, 6.07) is 5.94. The lowest BCUT2D eigenvalue weighted by atomic mass is 10.1. The van der Waals surface area contributed by atoms with Crippen molar-refractivity contribution in [3.05, 3.63) is 23.8 Å². The maximum absolute atomic E-state index is 10.1. The first kappa shape index (κ1) is 11.8. The predicted molar refractivity (Wildman–Crippen MR) is 65.0 cm³/mol. The molecule has 1 fully saturated rings. The second-order valence-electron chi connectivity index (χ2n) is 4.56. The van der Waals surface area contributed by atoms with Crippen molar-refractivity contribution < 1.29 is 19.3 Å². The molecule has 0 radical (unpaired) electrons. The van der Waals surface area contributed by atoms with Crippen molar-refractivity contribution in [2.75, 3.05) is 33.0 Å². The molecule has 98 valence electrons. The Kier molecular flexibility index (Phi) is 3.36. The summed E-state index contributed by atoms with van der Waals surface area (Å²) >= 11 is 0. The highest BCUT2D eigenvalue weighted by Crippen LogP contribution is 2.32. The molecule has 2 aliphatic heterocycles. The number of fused-ring (bicyclic) bond motifs is 1. The third-order valence-corrected chi connectivity index (χ3v) is 3.19. The van der Waals surface area contributed by atoms with E-state index in [-0.39, 0.29) is 0 Å². The van der Waals surface area contributed by atoms with E-state index in [0.717, 1.165) is 24.5 Å². The molecule has 2 aliphatic rings. The highest BCUT2D eigenvalue weighted by atomic mass is 16.6. The van der Waals surface area contributed by atoms with E-state index in [1.165, 1.54) is 0 Å². The maximum Gasteiger partial charge on any atom is 0.161 e. The predicted octanol–water partition coefficient (Wildman–Crippen LogP) is 0.480. The molecule has 1 atom stereocenters. The number of benzene rings is 1. The van der Waals surface area contributed by atoms with Gasteiger partial charge in [-0.2, -0.15) is 0 Å². The van der Waals surface area contributed by atoms with Crippen LogP contribution in [0.1, 0.15) is 11.7 Å². The molecule has 0 aromatic heterocycles. The Labute approximate surface area is 106 Å². The number of hydrogen-bond donors (Lipinski definition) is 2. The van der Waals surface area contributed by atoms with Gasteiger partial charge in [0.25, 0.3) is 0 Å². The molecule has 1 aromatic carbocycles. The molecule has 0 amide bonds. The third-order valence-electron chi connectivity index (χ3n) is 3.19. The van der Waals surface area contributed by atoms with E-state index >= 15 is 0 Å². The average Bonchev–Trinajstić information content (AvgIpc) is 2.36. The van der Waals surface area contributed by atoms with Crippen LogP contribution in [0.3, 0.4) is 0 Å². The van der Waals surface area contributed by atoms with Crippen molar-refractivity contribution in [3.63, 3.8) is 0 Å². The van der Waals surface area contributed by atoms with Crippen molar-refractivity contribution in [3.8, 4) is 11.5 Å². The van der Waals surface area contributed by atoms with Gasteiger partial charge in [-0.1, -0.05) is 6.07 Å². The molecule has 0 spiro atoms. The monoisotopic (exact) mass is 251 g/mol. The molecule has 2 N–H and O–H groups in total. The topological polar surface area (TPSA) is 60.0 Å². The van der Waals surface area contributed by atoms with Crippen LogP contribution < -0.4 is 14.8 Å². The molecule has 5 heteroatoms. The van der Waals surface area contributed by atoms with Crippen molar-refractivity contribution in [2.24, 2.45) is 0 Å². The van der Waals surface area contributed by atoms with Crippen LogP contribution in [0.5, 0.6) is 11.5 Å². The van der Waals surface area contributed by atoms with Gasteiger partial charge in [-0.05, 0) is 17.7 Å². The number of hydrogen-bond acceptors (Lipinski definition) is 5. The molecule has 0 bridgehead atoms. The van der Waals surface area contributed by atoms with Crippen LogP contribution in [-0.2, 0) is 4.74 Å². The highest BCUT2D eigenvalue weighted by molar-refractivity contribution is 5.44. The maximum atomic E-state index is 10.1. The van der Waals surface area contributed by atoms with Crippen LogP contribution in [0.25, 0.3) is 0 Å². The summed E-state index contributed by atoms with van der Waals surface area (Å²) in [5.41, 5.74) is 0.840. The zero-order chi connectivity index (χ0) is 12.4. The third kappa shape index (κ3) is 2.43. The Hall–Kier alpha value is -1.30. The molecule has 18 heavy (non-hydrogen) atoms. The standard InChI is InChI=1S/C13H17NO4/c15-11(6-14-10-7-16-8-10)9-1-2-12-13(5-9)18-4-3-17-12/h1-2,5,10-11,14-15H,3-4,6-8H2. The molecule has 0 aliphatic carbocycles. The number of aliphatic hydroxyl groups is 1. The van der Waals surface area contributed by atoms with E-state index in [9.17, 15) is 5.11 Å². The summed E-state index contributed by atoms with van der Waals surface area (Å²) in [6.45, 7) is 3.12. The molecule has 5 nitrogen and oxygen atoms in total. The Morgan fingerprint density at radius 1 is 1.22 bits per heavy atom. The highest BCUT2D eigenvalue weighted by Gasteiger charge is 2.20. The molecular weight excluding hydrogens is 234 g/mol. The zero-order valence-corrected chi connectivity index (χ0v) is 10.1. The van der Waals surface area contributed by atoms with E-state index in [4.69, 9.17) is 14.2 Å². The number of ether oxygens (including phenoxy) is 3. The molecule has 3 rings (SSSR count).